The van der Waals surface area contributed by atoms with Gasteiger partial charge in [0.1, 0.15) is 0 Å². The molecule has 8 heteroatoms. The van der Waals surface area contributed by atoms with Crippen LogP contribution in [0.5, 0.6) is 17.2 Å². The second-order valence-electron chi connectivity index (χ2n) is 16.0. The molecule has 0 aliphatic heterocycles. The van der Waals surface area contributed by atoms with Crippen LogP contribution in [-0.4, -0.2) is 56.4 Å². The van der Waals surface area contributed by atoms with Crippen LogP contribution in [0.4, 0.5) is 0 Å². The molecule has 2 amide bonds. The smallest absolute Gasteiger partial charge is 0.251 e. The van der Waals surface area contributed by atoms with Crippen molar-refractivity contribution in [1.82, 2.24) is 10.6 Å². The maximum Gasteiger partial charge on any atom is 0.251 e. The zero-order valence-corrected chi connectivity index (χ0v) is 36.8. The Balaban J connectivity index is 2.90. The van der Waals surface area contributed by atoms with Crippen molar-refractivity contribution < 1.29 is 28.9 Å². The number of nitrogens with one attached hydrogen (secondary N) is 2. The van der Waals surface area contributed by atoms with E-state index in [1.165, 1.54) is 154 Å². The van der Waals surface area contributed by atoms with Crippen LogP contribution in [0.2, 0.25) is 0 Å². The van der Waals surface area contributed by atoms with Gasteiger partial charge in [-0.2, -0.15) is 0 Å². The summed E-state index contributed by atoms with van der Waals surface area (Å²) in [6.45, 7) is 8.76. The van der Waals surface area contributed by atoms with E-state index in [1.807, 2.05) is 0 Å². The highest BCUT2D eigenvalue weighted by Crippen LogP contribution is 2.40. The number of carbonyl (C=O) groups excluding carboxylic acids is 2. The van der Waals surface area contributed by atoms with E-state index in [0.717, 1.165) is 38.5 Å². The second kappa shape index (κ2) is 39.4. The van der Waals surface area contributed by atoms with Crippen LogP contribution in [0.3, 0.4) is 0 Å². The van der Waals surface area contributed by atoms with Gasteiger partial charge in [0.15, 0.2) is 11.5 Å². The van der Waals surface area contributed by atoms with Gasteiger partial charge in [-0.1, -0.05) is 194 Å². The van der Waals surface area contributed by atoms with Crippen LogP contribution >= 0.6 is 0 Å². The Bertz CT molecular complexity index is 1000. The maximum atomic E-state index is 13.4. The van der Waals surface area contributed by atoms with Gasteiger partial charge in [0.25, 0.3) is 5.91 Å². The Morgan fingerprint density at radius 3 is 1.16 bits per heavy atom. The number of hydrogen-bond acceptors (Lipinski definition) is 6. The molecule has 56 heavy (non-hydrogen) atoms. The van der Waals surface area contributed by atoms with Crippen LogP contribution in [0.25, 0.3) is 0 Å². The average Bonchev–Trinajstić information content (AvgIpc) is 3.20. The van der Waals surface area contributed by atoms with Crippen molar-refractivity contribution in [3.05, 3.63) is 17.7 Å². The largest absolute Gasteiger partial charge is 0.490 e. The van der Waals surface area contributed by atoms with E-state index >= 15 is 0 Å². The van der Waals surface area contributed by atoms with E-state index in [-0.39, 0.29) is 37.9 Å². The summed E-state index contributed by atoms with van der Waals surface area (Å²) in [6, 6.07) is 3.55. The van der Waals surface area contributed by atoms with Crippen molar-refractivity contribution in [2.45, 2.75) is 220 Å². The van der Waals surface area contributed by atoms with Gasteiger partial charge in [-0.15, -0.1) is 0 Å². The van der Waals surface area contributed by atoms with Gasteiger partial charge >= 0.3 is 0 Å². The molecule has 0 bridgehead atoms. The molecule has 0 saturated heterocycles. The fourth-order valence-electron chi connectivity index (χ4n) is 7.05. The molecule has 0 saturated carbocycles. The van der Waals surface area contributed by atoms with E-state index in [4.69, 9.17) is 19.3 Å². The summed E-state index contributed by atoms with van der Waals surface area (Å²) in [7, 11) is 0. The molecular formula is C48H88N2O6. The van der Waals surface area contributed by atoms with Crippen LogP contribution in [-0.2, 0) is 4.79 Å². The first-order chi connectivity index (χ1) is 27.6. The SMILES string of the molecule is CCCCCCCCCCCCOc1cc(C(=O)NCCC(=O)NCCO)cc(OCCCCCCCCCCCC)c1OCCCCCCCCCCCC. The van der Waals surface area contributed by atoms with Crippen molar-refractivity contribution in [3.8, 4) is 17.2 Å². The molecule has 0 spiro atoms. The Morgan fingerprint density at radius 1 is 0.464 bits per heavy atom. The normalized spacial score (nSPS) is 11.1. The van der Waals surface area contributed by atoms with Crippen LogP contribution in [0.1, 0.15) is 230 Å². The summed E-state index contributed by atoms with van der Waals surface area (Å²) < 4.78 is 19.3. The molecule has 0 unspecified atom stereocenters. The molecule has 0 aliphatic carbocycles. The Morgan fingerprint density at radius 2 is 0.804 bits per heavy atom. The average molecular weight is 789 g/mol. The Hall–Kier alpha value is -2.48. The Labute approximate surface area is 344 Å². The number of benzene rings is 1. The molecule has 0 radical (unpaired) electrons. The lowest BCUT2D eigenvalue weighted by molar-refractivity contribution is -0.121. The molecule has 1 rings (SSSR count). The molecule has 0 heterocycles. The summed E-state index contributed by atoms with van der Waals surface area (Å²) in [4.78, 5) is 25.5. The number of rotatable bonds is 42. The topological polar surface area (TPSA) is 106 Å². The predicted octanol–water partition coefficient (Wildman–Crippen LogP) is 12.8. The number of unbranched alkanes of at least 4 members (excludes halogenated alkanes) is 27. The number of hydrogen-bond donors (Lipinski definition) is 3. The minimum atomic E-state index is -0.284. The number of carbonyl (C=O) groups is 2. The quantitative estimate of drug-likeness (QED) is 0.0570. The highest BCUT2D eigenvalue weighted by molar-refractivity contribution is 5.95. The van der Waals surface area contributed by atoms with Crippen molar-refractivity contribution >= 4 is 11.8 Å². The van der Waals surface area contributed by atoms with Crippen molar-refractivity contribution in [2.24, 2.45) is 0 Å². The van der Waals surface area contributed by atoms with Gasteiger partial charge in [-0.3, -0.25) is 9.59 Å². The van der Waals surface area contributed by atoms with E-state index in [1.54, 1.807) is 12.1 Å². The molecule has 1 aromatic carbocycles. The van der Waals surface area contributed by atoms with Crippen LogP contribution < -0.4 is 24.8 Å². The van der Waals surface area contributed by atoms with E-state index in [9.17, 15) is 9.59 Å². The lowest BCUT2D eigenvalue weighted by Gasteiger charge is -2.19. The van der Waals surface area contributed by atoms with Crippen molar-refractivity contribution in [2.75, 3.05) is 39.5 Å². The predicted molar refractivity (Wildman–Crippen MR) is 236 cm³/mol. The molecular weight excluding hydrogens is 701 g/mol. The third-order valence-corrected chi connectivity index (χ3v) is 10.6. The fraction of sp³-hybridized carbons (Fsp3) is 0.833. The molecule has 0 fully saturated rings. The molecule has 3 N–H and O–H groups in total. The number of aliphatic hydroxyl groups excluding tert-OH is 1. The van der Waals surface area contributed by atoms with Gasteiger partial charge in [-0.25, -0.2) is 0 Å². The Kier molecular flexibility index (Phi) is 36.2. The number of amides is 2. The number of ether oxygens (including phenoxy) is 3. The van der Waals surface area contributed by atoms with E-state index in [2.05, 4.69) is 31.4 Å². The highest BCUT2D eigenvalue weighted by Gasteiger charge is 2.19. The molecule has 0 aromatic heterocycles. The third kappa shape index (κ3) is 29.7. The summed E-state index contributed by atoms with van der Waals surface area (Å²) in [5.41, 5.74) is 0.434. The fourth-order valence-corrected chi connectivity index (χ4v) is 7.05. The summed E-state index contributed by atoms with van der Waals surface area (Å²) in [5, 5.41) is 14.5. The zero-order chi connectivity index (χ0) is 40.6. The first-order valence-corrected chi connectivity index (χ1v) is 23.8. The minimum absolute atomic E-state index is 0.116. The lowest BCUT2D eigenvalue weighted by atomic mass is 10.1. The second-order valence-corrected chi connectivity index (χ2v) is 16.0. The van der Waals surface area contributed by atoms with Crippen LogP contribution in [0, 0.1) is 0 Å². The zero-order valence-electron chi connectivity index (χ0n) is 36.8. The van der Waals surface area contributed by atoms with Gasteiger partial charge in [0, 0.05) is 25.1 Å². The van der Waals surface area contributed by atoms with Crippen LogP contribution in [0.15, 0.2) is 12.1 Å². The lowest BCUT2D eigenvalue weighted by Crippen LogP contribution is -2.32. The standard InChI is InChI=1S/C48H88N2O6/c1-4-7-10-13-16-19-22-25-28-31-38-54-44-41-43(48(53)50-35-34-46(52)49-36-37-51)42-45(55-39-32-29-26-23-20-17-14-11-8-5-2)47(44)56-40-33-30-27-24-21-18-15-12-9-6-3/h41-42,51H,4-40H2,1-3H3,(H,49,52)(H,50,53). The van der Waals surface area contributed by atoms with Crippen molar-refractivity contribution in [1.29, 1.82) is 0 Å². The first kappa shape index (κ1) is 51.5. The van der Waals surface area contributed by atoms with Crippen molar-refractivity contribution in [3.63, 3.8) is 0 Å². The molecule has 0 aliphatic rings. The summed E-state index contributed by atoms with van der Waals surface area (Å²) >= 11 is 0. The number of aliphatic hydroxyl groups is 1. The van der Waals surface area contributed by atoms with Gasteiger partial charge in [0.05, 0.1) is 26.4 Å². The minimum Gasteiger partial charge on any atom is -0.490 e. The van der Waals surface area contributed by atoms with Gasteiger partial charge < -0.3 is 30.0 Å². The summed E-state index contributed by atoms with van der Waals surface area (Å²) in [6.07, 6.45) is 37.8. The third-order valence-electron chi connectivity index (χ3n) is 10.6. The van der Waals surface area contributed by atoms with Gasteiger partial charge in [0.2, 0.25) is 11.7 Å². The monoisotopic (exact) mass is 789 g/mol. The molecule has 326 valence electrons. The maximum absolute atomic E-state index is 13.4. The molecule has 8 nitrogen and oxygen atoms in total. The van der Waals surface area contributed by atoms with Gasteiger partial charge in [-0.05, 0) is 31.4 Å². The van der Waals surface area contributed by atoms with E-state index in [0.29, 0.717) is 42.6 Å². The summed E-state index contributed by atoms with van der Waals surface area (Å²) in [5.74, 6) is 1.21. The first-order valence-electron chi connectivity index (χ1n) is 23.8. The van der Waals surface area contributed by atoms with E-state index < -0.39 is 0 Å². The molecule has 0 atom stereocenters. The highest BCUT2D eigenvalue weighted by atomic mass is 16.5. The molecule has 1 aromatic rings.